The van der Waals surface area contributed by atoms with Gasteiger partial charge in [0.25, 0.3) is 0 Å². The Morgan fingerprint density at radius 3 is 2.55 bits per heavy atom. The van der Waals surface area contributed by atoms with E-state index in [4.69, 9.17) is 0 Å². The lowest BCUT2D eigenvalue weighted by Crippen LogP contribution is -2.30. The first-order chi connectivity index (χ1) is 9.74. The summed E-state index contributed by atoms with van der Waals surface area (Å²) in [6.07, 6.45) is 9.24. The van der Waals surface area contributed by atoms with Crippen LogP contribution in [0, 0.1) is 12.8 Å². The quantitative estimate of drug-likeness (QED) is 0.833. The van der Waals surface area contributed by atoms with E-state index < -0.39 is 0 Å². The Morgan fingerprint density at radius 2 is 1.85 bits per heavy atom. The van der Waals surface area contributed by atoms with E-state index >= 15 is 0 Å². The van der Waals surface area contributed by atoms with Crippen LogP contribution in [0.3, 0.4) is 0 Å². The first kappa shape index (κ1) is 15.1. The largest absolute Gasteiger partial charge is 0.356 e. The molecule has 2 nitrogen and oxygen atoms in total. The van der Waals surface area contributed by atoms with Gasteiger partial charge in [0.15, 0.2) is 0 Å². The van der Waals surface area contributed by atoms with Gasteiger partial charge in [-0.2, -0.15) is 0 Å². The maximum absolute atomic E-state index is 11.8. The van der Waals surface area contributed by atoms with E-state index in [0.717, 1.165) is 25.3 Å². The van der Waals surface area contributed by atoms with Crippen molar-refractivity contribution in [3.63, 3.8) is 0 Å². The first-order valence-electron chi connectivity index (χ1n) is 8.06. The molecule has 1 amide bonds. The number of hydrogen-bond acceptors (Lipinski definition) is 1. The van der Waals surface area contributed by atoms with E-state index in [1.807, 2.05) is 0 Å². The highest BCUT2D eigenvalue weighted by Gasteiger charge is 2.13. The SMILES string of the molecule is Cc1ccc(CCCC(=O)NCC2CCCCC2)cc1. The van der Waals surface area contributed by atoms with Crippen molar-refractivity contribution in [1.82, 2.24) is 5.32 Å². The smallest absolute Gasteiger partial charge is 0.220 e. The summed E-state index contributed by atoms with van der Waals surface area (Å²) in [5.74, 6) is 0.951. The van der Waals surface area contributed by atoms with Gasteiger partial charge >= 0.3 is 0 Å². The van der Waals surface area contributed by atoms with E-state index in [2.05, 4.69) is 36.5 Å². The summed E-state index contributed by atoms with van der Waals surface area (Å²) in [4.78, 5) is 11.8. The van der Waals surface area contributed by atoms with Crippen LogP contribution in [-0.2, 0) is 11.2 Å². The van der Waals surface area contributed by atoms with Crippen LogP contribution in [0.1, 0.15) is 56.1 Å². The molecule has 1 aliphatic carbocycles. The van der Waals surface area contributed by atoms with Crippen molar-refractivity contribution in [3.05, 3.63) is 35.4 Å². The number of carbonyl (C=O) groups excluding carboxylic acids is 1. The van der Waals surface area contributed by atoms with Gasteiger partial charge in [-0.1, -0.05) is 49.1 Å². The van der Waals surface area contributed by atoms with Crippen LogP contribution in [-0.4, -0.2) is 12.5 Å². The van der Waals surface area contributed by atoms with Gasteiger partial charge in [0.2, 0.25) is 5.91 Å². The number of benzene rings is 1. The Bertz CT molecular complexity index is 404. The molecule has 1 N–H and O–H groups in total. The minimum absolute atomic E-state index is 0.225. The van der Waals surface area contributed by atoms with Crippen LogP contribution in [0.2, 0.25) is 0 Å². The van der Waals surface area contributed by atoms with E-state index in [-0.39, 0.29) is 5.91 Å². The second-order valence-corrected chi connectivity index (χ2v) is 6.15. The van der Waals surface area contributed by atoms with Gasteiger partial charge in [0.1, 0.15) is 0 Å². The molecule has 2 heteroatoms. The molecule has 1 aromatic rings. The molecule has 0 bridgehead atoms. The zero-order valence-corrected chi connectivity index (χ0v) is 12.7. The van der Waals surface area contributed by atoms with Gasteiger partial charge in [-0.15, -0.1) is 0 Å². The van der Waals surface area contributed by atoms with Crippen LogP contribution in [0.5, 0.6) is 0 Å². The highest BCUT2D eigenvalue weighted by molar-refractivity contribution is 5.75. The first-order valence-corrected chi connectivity index (χ1v) is 8.06. The minimum atomic E-state index is 0.225. The molecule has 0 saturated heterocycles. The summed E-state index contributed by atoms with van der Waals surface area (Å²) in [6, 6.07) is 8.60. The highest BCUT2D eigenvalue weighted by Crippen LogP contribution is 2.22. The minimum Gasteiger partial charge on any atom is -0.356 e. The average Bonchev–Trinajstić information content (AvgIpc) is 2.48. The molecule has 1 aromatic carbocycles. The second kappa shape index (κ2) is 8.08. The summed E-state index contributed by atoms with van der Waals surface area (Å²) < 4.78 is 0. The van der Waals surface area contributed by atoms with E-state index in [1.165, 1.54) is 43.2 Å². The zero-order valence-electron chi connectivity index (χ0n) is 12.7. The molecule has 0 aromatic heterocycles. The predicted octanol–water partition coefficient (Wildman–Crippen LogP) is 4.01. The number of amides is 1. The molecule has 0 heterocycles. The van der Waals surface area contributed by atoms with E-state index in [9.17, 15) is 4.79 Å². The number of nitrogens with one attached hydrogen (secondary N) is 1. The van der Waals surface area contributed by atoms with Crippen molar-refractivity contribution < 1.29 is 4.79 Å². The molecule has 0 spiro atoms. The fourth-order valence-corrected chi connectivity index (χ4v) is 2.95. The molecular weight excluding hydrogens is 246 g/mol. The van der Waals surface area contributed by atoms with Crippen molar-refractivity contribution in [2.75, 3.05) is 6.54 Å². The Balaban J connectivity index is 1.58. The molecule has 2 rings (SSSR count). The average molecular weight is 273 g/mol. The van der Waals surface area contributed by atoms with Crippen molar-refractivity contribution in [2.45, 2.75) is 58.3 Å². The maximum atomic E-state index is 11.8. The van der Waals surface area contributed by atoms with E-state index in [0.29, 0.717) is 6.42 Å². The van der Waals surface area contributed by atoms with Gasteiger partial charge in [0, 0.05) is 13.0 Å². The van der Waals surface area contributed by atoms with Crippen LogP contribution >= 0.6 is 0 Å². The molecule has 0 unspecified atom stereocenters. The zero-order chi connectivity index (χ0) is 14.2. The fraction of sp³-hybridized carbons (Fsp3) is 0.611. The van der Waals surface area contributed by atoms with Crippen LogP contribution in [0.15, 0.2) is 24.3 Å². The molecule has 0 aliphatic heterocycles. The van der Waals surface area contributed by atoms with E-state index in [1.54, 1.807) is 0 Å². The van der Waals surface area contributed by atoms with Gasteiger partial charge in [0.05, 0.1) is 0 Å². The molecule has 1 saturated carbocycles. The number of aryl methyl sites for hydroxylation is 2. The fourth-order valence-electron chi connectivity index (χ4n) is 2.95. The summed E-state index contributed by atoms with van der Waals surface area (Å²) >= 11 is 0. The monoisotopic (exact) mass is 273 g/mol. The summed E-state index contributed by atoms with van der Waals surface area (Å²) in [7, 11) is 0. The molecule has 1 aliphatic rings. The van der Waals surface area contributed by atoms with Gasteiger partial charge < -0.3 is 5.32 Å². The molecule has 1 fully saturated rings. The van der Waals surface area contributed by atoms with Crippen LogP contribution in [0.25, 0.3) is 0 Å². The third kappa shape index (κ3) is 5.36. The van der Waals surface area contributed by atoms with Crippen LogP contribution in [0.4, 0.5) is 0 Å². The highest BCUT2D eigenvalue weighted by atomic mass is 16.1. The van der Waals surface area contributed by atoms with Crippen molar-refractivity contribution >= 4 is 5.91 Å². The topological polar surface area (TPSA) is 29.1 Å². The third-order valence-electron chi connectivity index (χ3n) is 4.30. The van der Waals surface area contributed by atoms with Gasteiger partial charge in [-0.05, 0) is 44.1 Å². The Kier molecular flexibility index (Phi) is 6.10. The predicted molar refractivity (Wildman–Crippen MR) is 83.7 cm³/mol. The van der Waals surface area contributed by atoms with Crippen molar-refractivity contribution in [3.8, 4) is 0 Å². The lowest BCUT2D eigenvalue weighted by Gasteiger charge is -2.21. The standard InChI is InChI=1S/C18H27NO/c1-15-10-12-16(13-11-15)8-5-9-18(20)19-14-17-6-3-2-4-7-17/h10-13,17H,2-9,14H2,1H3,(H,19,20). The number of rotatable bonds is 6. The normalized spacial score (nSPS) is 16.1. The Hall–Kier alpha value is -1.31. The number of hydrogen-bond donors (Lipinski definition) is 1. The van der Waals surface area contributed by atoms with Gasteiger partial charge in [-0.25, -0.2) is 0 Å². The molecule has 110 valence electrons. The van der Waals surface area contributed by atoms with Crippen molar-refractivity contribution in [1.29, 1.82) is 0 Å². The van der Waals surface area contributed by atoms with Gasteiger partial charge in [-0.3, -0.25) is 4.79 Å². The Morgan fingerprint density at radius 1 is 1.15 bits per heavy atom. The lowest BCUT2D eigenvalue weighted by atomic mass is 9.89. The summed E-state index contributed by atoms with van der Waals surface area (Å²) in [5, 5.41) is 3.11. The lowest BCUT2D eigenvalue weighted by molar-refractivity contribution is -0.121. The summed E-state index contributed by atoms with van der Waals surface area (Å²) in [5.41, 5.74) is 2.62. The van der Waals surface area contributed by atoms with Crippen molar-refractivity contribution in [2.24, 2.45) is 5.92 Å². The molecule has 20 heavy (non-hydrogen) atoms. The second-order valence-electron chi connectivity index (χ2n) is 6.15. The Labute approximate surface area is 123 Å². The third-order valence-corrected chi connectivity index (χ3v) is 4.30. The maximum Gasteiger partial charge on any atom is 0.220 e. The van der Waals surface area contributed by atoms with Crippen LogP contribution < -0.4 is 5.32 Å². The molecular formula is C18H27NO. The summed E-state index contributed by atoms with van der Waals surface area (Å²) in [6.45, 7) is 2.99. The molecule has 0 radical (unpaired) electrons. The number of carbonyl (C=O) groups is 1. The molecule has 0 atom stereocenters.